The first-order valence-electron chi connectivity index (χ1n) is 11.7. The summed E-state index contributed by atoms with van der Waals surface area (Å²) in [5, 5.41) is 2.96. The monoisotopic (exact) mass is 457 g/mol. The summed E-state index contributed by atoms with van der Waals surface area (Å²) in [6.07, 6.45) is 3.18. The molecule has 3 aliphatic rings. The van der Waals surface area contributed by atoms with Crippen LogP contribution in [0.4, 0.5) is 9.18 Å². The molecule has 0 bridgehead atoms. The molecule has 8 heteroatoms. The first-order valence-corrected chi connectivity index (χ1v) is 11.7. The molecule has 1 aromatic carbocycles. The SMILES string of the molecule is CC(C)(C)OC(=O)N1CCC(N2CC3=C(CC(NC(=O)c4cccc(F)c4)CC3)C2=O)CC1. The number of carbonyl (C=O) groups excluding carboxylic acids is 3. The molecule has 33 heavy (non-hydrogen) atoms. The number of piperidine rings is 1. The highest BCUT2D eigenvalue weighted by Gasteiger charge is 2.39. The summed E-state index contributed by atoms with van der Waals surface area (Å²) in [6, 6.07) is 5.57. The second kappa shape index (κ2) is 9.15. The summed E-state index contributed by atoms with van der Waals surface area (Å²) in [5.74, 6) is -0.721. The first kappa shape index (κ1) is 23.3. The van der Waals surface area contributed by atoms with Crippen molar-refractivity contribution in [2.24, 2.45) is 0 Å². The molecule has 2 aliphatic heterocycles. The van der Waals surface area contributed by atoms with Crippen molar-refractivity contribution in [2.75, 3.05) is 19.6 Å². The molecular formula is C25H32FN3O4. The van der Waals surface area contributed by atoms with Gasteiger partial charge in [-0.05, 0) is 76.6 Å². The van der Waals surface area contributed by atoms with Crippen LogP contribution >= 0.6 is 0 Å². The van der Waals surface area contributed by atoms with Crippen molar-refractivity contribution in [3.8, 4) is 0 Å². The van der Waals surface area contributed by atoms with Gasteiger partial charge in [0, 0.05) is 42.9 Å². The van der Waals surface area contributed by atoms with Crippen LogP contribution in [0.25, 0.3) is 0 Å². The third-order valence-electron chi connectivity index (χ3n) is 6.53. The first-order chi connectivity index (χ1) is 15.6. The van der Waals surface area contributed by atoms with E-state index in [0.29, 0.717) is 26.1 Å². The molecular weight excluding hydrogens is 425 g/mol. The Bertz CT molecular complexity index is 976. The molecule has 2 heterocycles. The van der Waals surface area contributed by atoms with E-state index in [-0.39, 0.29) is 35.6 Å². The minimum atomic E-state index is -0.525. The maximum Gasteiger partial charge on any atom is 0.410 e. The van der Waals surface area contributed by atoms with Gasteiger partial charge in [-0.15, -0.1) is 0 Å². The standard InChI is InChI=1S/C25H32FN3O4/c1-25(2,3)33-24(32)28-11-9-20(10-12-28)29-15-17-7-8-19(14-21(17)23(29)31)27-22(30)16-5-4-6-18(26)13-16/h4-6,13,19-20H,7-12,14-15H2,1-3H3,(H,27,30). The predicted octanol–water partition coefficient (Wildman–Crippen LogP) is 3.65. The maximum absolute atomic E-state index is 13.4. The van der Waals surface area contributed by atoms with Crippen LogP contribution < -0.4 is 5.32 Å². The van der Waals surface area contributed by atoms with Crippen LogP contribution in [-0.4, -0.2) is 65.0 Å². The zero-order chi connectivity index (χ0) is 23.8. The molecule has 0 saturated carbocycles. The lowest BCUT2D eigenvalue weighted by Crippen LogP contribution is -2.48. The number of nitrogens with one attached hydrogen (secondary N) is 1. The molecule has 1 aromatic rings. The fourth-order valence-corrected chi connectivity index (χ4v) is 4.86. The van der Waals surface area contributed by atoms with Crippen molar-refractivity contribution in [2.45, 2.75) is 70.6 Å². The van der Waals surface area contributed by atoms with Crippen molar-refractivity contribution in [3.63, 3.8) is 0 Å². The lowest BCUT2D eigenvalue weighted by molar-refractivity contribution is -0.128. The zero-order valence-electron chi connectivity index (χ0n) is 19.5. The minimum absolute atomic E-state index is 0.0467. The number of hydrogen-bond acceptors (Lipinski definition) is 4. The van der Waals surface area contributed by atoms with Gasteiger partial charge in [0.05, 0.1) is 0 Å². The highest BCUT2D eigenvalue weighted by Crippen LogP contribution is 2.35. The molecule has 0 radical (unpaired) electrons. The van der Waals surface area contributed by atoms with Crippen molar-refractivity contribution in [3.05, 3.63) is 46.8 Å². The Morgan fingerprint density at radius 3 is 2.55 bits per heavy atom. The minimum Gasteiger partial charge on any atom is -0.444 e. The van der Waals surface area contributed by atoms with Crippen molar-refractivity contribution >= 4 is 17.9 Å². The van der Waals surface area contributed by atoms with Gasteiger partial charge in [-0.2, -0.15) is 0 Å². The van der Waals surface area contributed by atoms with E-state index >= 15 is 0 Å². The smallest absolute Gasteiger partial charge is 0.410 e. The van der Waals surface area contributed by atoms with Gasteiger partial charge < -0.3 is 19.9 Å². The van der Waals surface area contributed by atoms with Gasteiger partial charge in [0.15, 0.2) is 0 Å². The number of amides is 3. The van der Waals surface area contributed by atoms with Gasteiger partial charge in [-0.3, -0.25) is 9.59 Å². The maximum atomic E-state index is 13.4. The molecule has 1 atom stereocenters. The molecule has 1 N–H and O–H groups in total. The van der Waals surface area contributed by atoms with Crippen LogP contribution in [0.15, 0.2) is 35.4 Å². The average Bonchev–Trinajstić information content (AvgIpc) is 3.09. The summed E-state index contributed by atoms with van der Waals surface area (Å²) in [4.78, 5) is 41.7. The molecule has 178 valence electrons. The Labute approximate surface area is 193 Å². The number of ether oxygens (including phenoxy) is 1. The lowest BCUT2D eigenvalue weighted by Gasteiger charge is -2.37. The number of benzene rings is 1. The molecule has 1 aliphatic carbocycles. The van der Waals surface area contributed by atoms with E-state index in [2.05, 4.69) is 5.32 Å². The number of rotatable bonds is 3. The van der Waals surface area contributed by atoms with Crippen molar-refractivity contribution in [1.29, 1.82) is 0 Å². The average molecular weight is 458 g/mol. The Balaban J connectivity index is 1.31. The van der Waals surface area contributed by atoms with E-state index in [1.165, 1.54) is 18.2 Å². The van der Waals surface area contributed by atoms with Crippen LogP contribution in [0, 0.1) is 5.82 Å². The Hall–Kier alpha value is -2.90. The molecule has 4 rings (SSSR count). The van der Waals surface area contributed by atoms with E-state index < -0.39 is 11.4 Å². The van der Waals surface area contributed by atoms with Gasteiger partial charge in [0.2, 0.25) is 5.91 Å². The van der Waals surface area contributed by atoms with Gasteiger partial charge >= 0.3 is 6.09 Å². The Morgan fingerprint density at radius 1 is 1.15 bits per heavy atom. The largest absolute Gasteiger partial charge is 0.444 e. The van der Waals surface area contributed by atoms with Crippen LogP contribution in [-0.2, 0) is 9.53 Å². The highest BCUT2D eigenvalue weighted by molar-refractivity contribution is 5.98. The summed E-state index contributed by atoms with van der Waals surface area (Å²) < 4.78 is 18.9. The van der Waals surface area contributed by atoms with Crippen LogP contribution in [0.1, 0.15) is 63.2 Å². The third kappa shape index (κ3) is 5.37. The Morgan fingerprint density at radius 2 is 1.88 bits per heavy atom. The summed E-state index contributed by atoms with van der Waals surface area (Å²) in [7, 11) is 0. The normalized spacial score (nSPS) is 21.8. The van der Waals surface area contributed by atoms with E-state index in [0.717, 1.165) is 36.8 Å². The molecule has 7 nitrogen and oxygen atoms in total. The summed E-state index contributed by atoms with van der Waals surface area (Å²) in [6.45, 7) is 7.33. The second-order valence-electron chi connectivity index (χ2n) is 10.1. The van der Waals surface area contributed by atoms with Crippen LogP contribution in [0.3, 0.4) is 0 Å². The van der Waals surface area contributed by atoms with Gasteiger partial charge in [0.1, 0.15) is 11.4 Å². The van der Waals surface area contributed by atoms with Crippen molar-refractivity contribution in [1.82, 2.24) is 15.1 Å². The third-order valence-corrected chi connectivity index (χ3v) is 6.53. The molecule has 1 unspecified atom stereocenters. The number of hydrogen-bond donors (Lipinski definition) is 1. The highest BCUT2D eigenvalue weighted by atomic mass is 19.1. The number of likely N-dealkylation sites (tertiary alicyclic amines) is 1. The number of carbonyl (C=O) groups is 3. The fraction of sp³-hybridized carbons (Fsp3) is 0.560. The number of nitrogens with zero attached hydrogens (tertiary/aromatic N) is 2. The quantitative estimate of drug-likeness (QED) is 0.752. The molecule has 0 spiro atoms. The van der Waals surface area contributed by atoms with Crippen molar-refractivity contribution < 1.29 is 23.5 Å². The summed E-state index contributed by atoms with van der Waals surface area (Å²) in [5.41, 5.74) is 1.72. The number of halogens is 1. The predicted molar refractivity (Wildman–Crippen MR) is 121 cm³/mol. The Kier molecular flexibility index (Phi) is 6.45. The lowest BCUT2D eigenvalue weighted by atomic mass is 9.89. The van der Waals surface area contributed by atoms with E-state index in [1.54, 1.807) is 11.0 Å². The fourth-order valence-electron chi connectivity index (χ4n) is 4.86. The molecule has 1 saturated heterocycles. The van der Waals surface area contributed by atoms with E-state index in [9.17, 15) is 18.8 Å². The van der Waals surface area contributed by atoms with Gasteiger partial charge in [0.25, 0.3) is 5.91 Å². The van der Waals surface area contributed by atoms with Crippen LogP contribution in [0.2, 0.25) is 0 Å². The summed E-state index contributed by atoms with van der Waals surface area (Å²) >= 11 is 0. The van der Waals surface area contributed by atoms with E-state index in [1.807, 2.05) is 25.7 Å². The molecule has 1 fully saturated rings. The van der Waals surface area contributed by atoms with Crippen LogP contribution in [0.5, 0.6) is 0 Å². The van der Waals surface area contributed by atoms with Gasteiger partial charge in [-0.25, -0.2) is 9.18 Å². The zero-order valence-corrected chi connectivity index (χ0v) is 19.5. The van der Waals surface area contributed by atoms with E-state index in [4.69, 9.17) is 4.74 Å². The molecule has 0 aromatic heterocycles. The topological polar surface area (TPSA) is 79.0 Å². The van der Waals surface area contributed by atoms with Gasteiger partial charge in [-0.1, -0.05) is 6.07 Å². The second-order valence-corrected chi connectivity index (χ2v) is 10.1. The molecule has 3 amide bonds.